The molecule has 2 nitrogen and oxygen atoms in total. The second-order valence-corrected chi connectivity index (χ2v) is 4.23. The third kappa shape index (κ3) is 2.96. The average Bonchev–Trinajstić information content (AvgIpc) is 2.66. The highest BCUT2D eigenvalue weighted by molar-refractivity contribution is 5.20. The van der Waals surface area contributed by atoms with Crippen LogP contribution in [0.15, 0.2) is 30.3 Å². The van der Waals surface area contributed by atoms with Gasteiger partial charge in [0.25, 0.3) is 0 Å². The van der Waals surface area contributed by atoms with Gasteiger partial charge in [0.2, 0.25) is 0 Å². The van der Waals surface area contributed by atoms with E-state index in [1.807, 2.05) is 30.3 Å². The molecule has 0 aromatic heterocycles. The van der Waals surface area contributed by atoms with Gasteiger partial charge in [0.1, 0.15) is 5.75 Å². The molecule has 1 aromatic rings. The van der Waals surface area contributed by atoms with Crippen LogP contribution in [0.3, 0.4) is 0 Å². The van der Waals surface area contributed by atoms with E-state index in [-0.39, 0.29) is 0 Å². The van der Waals surface area contributed by atoms with E-state index in [0.29, 0.717) is 0 Å². The van der Waals surface area contributed by atoms with Gasteiger partial charge in [0.15, 0.2) is 0 Å². The summed E-state index contributed by atoms with van der Waals surface area (Å²) in [6.07, 6.45) is 3.81. The summed E-state index contributed by atoms with van der Waals surface area (Å²) in [5.74, 6) is 0.984. The maximum absolute atomic E-state index is 5.69. The van der Waals surface area contributed by atoms with Crippen molar-refractivity contribution in [3.8, 4) is 5.75 Å². The summed E-state index contributed by atoms with van der Waals surface area (Å²) < 4.78 is 5.69. The quantitative estimate of drug-likeness (QED) is 0.749. The van der Waals surface area contributed by atoms with Crippen LogP contribution in [-0.2, 0) is 0 Å². The van der Waals surface area contributed by atoms with Gasteiger partial charge in [-0.25, -0.2) is 0 Å². The lowest BCUT2D eigenvalue weighted by Gasteiger charge is -2.19. The van der Waals surface area contributed by atoms with Gasteiger partial charge in [-0.15, -0.1) is 0 Å². The van der Waals surface area contributed by atoms with Gasteiger partial charge in [-0.05, 0) is 45.0 Å². The van der Waals surface area contributed by atoms with Crippen LogP contribution in [0.2, 0.25) is 0 Å². The lowest BCUT2D eigenvalue weighted by atomic mass is 10.1. The van der Waals surface area contributed by atoms with Crippen LogP contribution in [0.1, 0.15) is 19.3 Å². The van der Waals surface area contributed by atoms with Crippen LogP contribution >= 0.6 is 0 Å². The third-order valence-electron chi connectivity index (χ3n) is 3.13. The summed E-state index contributed by atoms with van der Waals surface area (Å²) in [5, 5.41) is 0. The highest BCUT2D eigenvalue weighted by atomic mass is 16.5. The highest BCUT2D eigenvalue weighted by Crippen LogP contribution is 2.18. The Balaban J connectivity index is 1.71. The monoisotopic (exact) mass is 205 g/mol. The Morgan fingerprint density at radius 1 is 1.33 bits per heavy atom. The molecule has 1 aliphatic heterocycles. The molecule has 15 heavy (non-hydrogen) atoms. The van der Waals surface area contributed by atoms with Gasteiger partial charge in [-0.1, -0.05) is 18.2 Å². The Kier molecular flexibility index (Phi) is 3.62. The number of hydrogen-bond donors (Lipinski definition) is 0. The maximum atomic E-state index is 5.69. The van der Waals surface area contributed by atoms with Gasteiger partial charge < -0.3 is 9.64 Å². The zero-order valence-corrected chi connectivity index (χ0v) is 9.36. The van der Waals surface area contributed by atoms with Crippen LogP contribution in [-0.4, -0.2) is 31.1 Å². The first-order chi connectivity index (χ1) is 7.36. The van der Waals surface area contributed by atoms with Crippen LogP contribution in [0.25, 0.3) is 0 Å². The molecule has 2 heteroatoms. The number of hydrogen-bond acceptors (Lipinski definition) is 2. The minimum Gasteiger partial charge on any atom is -0.494 e. The molecule has 0 radical (unpaired) electrons. The fourth-order valence-electron chi connectivity index (χ4n) is 2.17. The number of benzene rings is 1. The lowest BCUT2D eigenvalue weighted by molar-refractivity contribution is 0.233. The van der Waals surface area contributed by atoms with E-state index in [0.717, 1.165) is 24.8 Å². The van der Waals surface area contributed by atoms with Crippen LogP contribution < -0.4 is 4.74 Å². The molecule has 1 heterocycles. The molecule has 0 N–H and O–H groups in total. The molecule has 1 aliphatic rings. The first-order valence-electron chi connectivity index (χ1n) is 5.74. The second-order valence-electron chi connectivity index (χ2n) is 4.23. The minimum atomic E-state index is 0.730. The lowest BCUT2D eigenvalue weighted by Crippen LogP contribution is -2.26. The number of ether oxygens (including phenoxy) is 1. The molecule has 1 aromatic carbocycles. The fraction of sp³-hybridized carbons (Fsp3) is 0.538. The minimum absolute atomic E-state index is 0.730. The van der Waals surface area contributed by atoms with Crippen molar-refractivity contribution in [1.29, 1.82) is 0 Å². The Bertz CT molecular complexity index is 286. The van der Waals surface area contributed by atoms with Crippen molar-refractivity contribution in [2.45, 2.75) is 25.3 Å². The summed E-state index contributed by atoms with van der Waals surface area (Å²) in [5.41, 5.74) is 0. The van der Waals surface area contributed by atoms with E-state index < -0.39 is 0 Å². The van der Waals surface area contributed by atoms with E-state index in [2.05, 4.69) is 11.9 Å². The highest BCUT2D eigenvalue weighted by Gasteiger charge is 2.20. The summed E-state index contributed by atoms with van der Waals surface area (Å²) in [6.45, 7) is 2.08. The van der Waals surface area contributed by atoms with Gasteiger partial charge in [-0.3, -0.25) is 0 Å². The first kappa shape index (κ1) is 10.5. The van der Waals surface area contributed by atoms with E-state index in [1.165, 1.54) is 19.4 Å². The van der Waals surface area contributed by atoms with Crippen molar-refractivity contribution < 1.29 is 4.74 Å². The normalized spacial score (nSPS) is 21.8. The Morgan fingerprint density at radius 3 is 2.80 bits per heavy atom. The molecule has 1 unspecified atom stereocenters. The van der Waals surface area contributed by atoms with Crippen molar-refractivity contribution in [2.24, 2.45) is 0 Å². The maximum Gasteiger partial charge on any atom is 0.119 e. The largest absolute Gasteiger partial charge is 0.494 e. The standard InChI is InChI=1S/C13H19NO/c1-14-10-5-6-12(14)9-11-15-13-7-3-2-4-8-13/h2-4,7-8,12H,5-6,9-11H2,1H3. The van der Waals surface area contributed by atoms with Gasteiger partial charge >= 0.3 is 0 Å². The van der Waals surface area contributed by atoms with E-state index >= 15 is 0 Å². The molecule has 82 valence electrons. The van der Waals surface area contributed by atoms with Crippen LogP contribution in [0, 0.1) is 0 Å². The summed E-state index contributed by atoms with van der Waals surface area (Å²) in [4.78, 5) is 2.44. The Labute approximate surface area is 91.9 Å². The van der Waals surface area contributed by atoms with Crippen molar-refractivity contribution in [3.63, 3.8) is 0 Å². The molecule has 0 aliphatic carbocycles. The van der Waals surface area contributed by atoms with Crippen LogP contribution in [0.4, 0.5) is 0 Å². The van der Waals surface area contributed by atoms with Gasteiger partial charge in [0.05, 0.1) is 6.61 Å². The molecular weight excluding hydrogens is 186 g/mol. The van der Waals surface area contributed by atoms with Crippen molar-refractivity contribution in [2.75, 3.05) is 20.2 Å². The number of likely N-dealkylation sites (tertiary alicyclic amines) is 1. The number of para-hydroxylation sites is 1. The van der Waals surface area contributed by atoms with Crippen molar-refractivity contribution in [1.82, 2.24) is 4.90 Å². The molecule has 1 saturated heterocycles. The van der Waals surface area contributed by atoms with E-state index in [4.69, 9.17) is 4.74 Å². The van der Waals surface area contributed by atoms with E-state index in [1.54, 1.807) is 0 Å². The summed E-state index contributed by atoms with van der Waals surface area (Å²) >= 11 is 0. The molecule has 1 fully saturated rings. The molecule has 0 amide bonds. The number of rotatable bonds is 4. The topological polar surface area (TPSA) is 12.5 Å². The van der Waals surface area contributed by atoms with E-state index in [9.17, 15) is 0 Å². The molecule has 2 rings (SSSR count). The van der Waals surface area contributed by atoms with Crippen LogP contribution in [0.5, 0.6) is 5.75 Å². The Morgan fingerprint density at radius 2 is 2.13 bits per heavy atom. The van der Waals surface area contributed by atoms with Gasteiger partial charge in [-0.2, -0.15) is 0 Å². The smallest absolute Gasteiger partial charge is 0.119 e. The molecule has 0 saturated carbocycles. The molecule has 0 bridgehead atoms. The predicted octanol–water partition coefficient (Wildman–Crippen LogP) is 2.55. The number of nitrogens with zero attached hydrogens (tertiary/aromatic N) is 1. The third-order valence-corrected chi connectivity index (χ3v) is 3.13. The zero-order valence-electron chi connectivity index (χ0n) is 9.36. The van der Waals surface area contributed by atoms with Gasteiger partial charge in [0, 0.05) is 6.04 Å². The van der Waals surface area contributed by atoms with Crippen molar-refractivity contribution >= 4 is 0 Å². The molecule has 0 spiro atoms. The summed E-state index contributed by atoms with van der Waals surface area (Å²) in [7, 11) is 2.21. The predicted molar refractivity (Wildman–Crippen MR) is 62.2 cm³/mol. The summed E-state index contributed by atoms with van der Waals surface area (Å²) in [6, 6.07) is 10.8. The second kappa shape index (κ2) is 5.17. The first-order valence-corrected chi connectivity index (χ1v) is 5.74. The fourth-order valence-corrected chi connectivity index (χ4v) is 2.17. The molecule has 1 atom stereocenters. The van der Waals surface area contributed by atoms with Crippen molar-refractivity contribution in [3.05, 3.63) is 30.3 Å². The SMILES string of the molecule is CN1CCCC1CCOc1ccccc1. The average molecular weight is 205 g/mol. The molecular formula is C13H19NO. The zero-order chi connectivity index (χ0) is 10.5. The Hall–Kier alpha value is -1.02.